The highest BCUT2D eigenvalue weighted by Gasteiger charge is 2.69. The molecular weight excluding hydrogens is 455 g/mol. The van der Waals surface area contributed by atoms with Crippen molar-refractivity contribution in [2.45, 2.75) is 50.6 Å². The molecule has 3 amide bonds. The molecule has 4 aliphatic rings. The summed E-state index contributed by atoms with van der Waals surface area (Å²) in [6.07, 6.45) is 5.81. The third-order valence-corrected chi connectivity index (χ3v) is 6.99. The first-order chi connectivity index (χ1) is 16.7. The smallest absolute Gasteiger partial charge is 0.289 e. The van der Waals surface area contributed by atoms with E-state index in [1.165, 1.54) is 19.2 Å². The number of ether oxygens (including phenoxy) is 1. The molecule has 2 heterocycles. The SMILES string of the molecule is CC(=O)N1CC=C(c2ncc(C(=O)NC34CC(NC(=O)COc5ccc(C)c(F)c5)(C3)C4)o2)CC1. The van der Waals surface area contributed by atoms with E-state index in [0.717, 1.165) is 5.57 Å². The molecule has 2 bridgehead atoms. The van der Waals surface area contributed by atoms with E-state index in [9.17, 15) is 18.8 Å². The van der Waals surface area contributed by atoms with Crippen LogP contribution in [0.3, 0.4) is 0 Å². The first-order valence-electron chi connectivity index (χ1n) is 11.6. The lowest BCUT2D eigenvalue weighted by atomic mass is 9.44. The maximum Gasteiger partial charge on any atom is 0.289 e. The fourth-order valence-electron chi connectivity index (χ4n) is 5.18. The maximum absolute atomic E-state index is 13.6. The molecule has 9 nitrogen and oxygen atoms in total. The zero-order chi connectivity index (χ0) is 24.8. The predicted molar refractivity (Wildman–Crippen MR) is 123 cm³/mol. The van der Waals surface area contributed by atoms with Gasteiger partial charge in [-0.2, -0.15) is 0 Å². The van der Waals surface area contributed by atoms with Crippen LogP contribution in [0.5, 0.6) is 5.75 Å². The van der Waals surface area contributed by atoms with Crippen LogP contribution in [0.25, 0.3) is 5.57 Å². The number of benzene rings is 1. The molecule has 0 unspecified atom stereocenters. The van der Waals surface area contributed by atoms with Crippen LogP contribution in [0.2, 0.25) is 0 Å². The minimum Gasteiger partial charge on any atom is -0.484 e. The molecule has 2 aromatic rings. The van der Waals surface area contributed by atoms with Gasteiger partial charge in [0.15, 0.2) is 6.61 Å². The van der Waals surface area contributed by atoms with Crippen molar-refractivity contribution in [2.24, 2.45) is 0 Å². The number of nitrogens with one attached hydrogen (secondary N) is 2. The fourth-order valence-corrected chi connectivity index (χ4v) is 5.18. The average Bonchev–Trinajstić information content (AvgIpc) is 3.28. The summed E-state index contributed by atoms with van der Waals surface area (Å²) >= 11 is 0. The second-order valence-electron chi connectivity index (χ2n) is 9.77. The molecule has 1 aromatic carbocycles. The Labute approximate surface area is 201 Å². The van der Waals surface area contributed by atoms with Crippen LogP contribution >= 0.6 is 0 Å². The first-order valence-corrected chi connectivity index (χ1v) is 11.6. The van der Waals surface area contributed by atoms with E-state index in [4.69, 9.17) is 9.15 Å². The molecule has 10 heteroatoms. The van der Waals surface area contributed by atoms with Crippen molar-refractivity contribution in [1.82, 2.24) is 20.5 Å². The zero-order valence-corrected chi connectivity index (χ0v) is 19.7. The van der Waals surface area contributed by atoms with Gasteiger partial charge in [-0.3, -0.25) is 14.4 Å². The lowest BCUT2D eigenvalue weighted by molar-refractivity contribution is -0.141. The van der Waals surface area contributed by atoms with Crippen LogP contribution < -0.4 is 15.4 Å². The molecule has 3 fully saturated rings. The Morgan fingerprint density at radius 2 is 1.94 bits per heavy atom. The number of nitrogens with zero attached hydrogens (tertiary/aromatic N) is 2. The fraction of sp³-hybridized carbons (Fsp3) is 0.440. The number of oxazole rings is 1. The van der Waals surface area contributed by atoms with Gasteiger partial charge in [0.25, 0.3) is 11.8 Å². The largest absolute Gasteiger partial charge is 0.484 e. The van der Waals surface area contributed by atoms with E-state index in [-0.39, 0.29) is 47.0 Å². The molecule has 1 aromatic heterocycles. The Hall–Kier alpha value is -3.69. The van der Waals surface area contributed by atoms with Gasteiger partial charge < -0.3 is 24.7 Å². The van der Waals surface area contributed by atoms with Gasteiger partial charge in [0.2, 0.25) is 17.6 Å². The van der Waals surface area contributed by atoms with Crippen LogP contribution in [-0.2, 0) is 9.59 Å². The van der Waals surface area contributed by atoms with Crippen LogP contribution in [0.15, 0.2) is 34.9 Å². The molecule has 35 heavy (non-hydrogen) atoms. The van der Waals surface area contributed by atoms with Crippen LogP contribution in [0.4, 0.5) is 4.39 Å². The molecule has 3 saturated carbocycles. The predicted octanol–water partition coefficient (Wildman–Crippen LogP) is 2.36. The molecular formula is C25H27FN4O5. The standard InChI is InChI=1S/C25H27FN4O5/c1-15-3-4-18(9-19(15)26)34-11-21(32)28-24-12-25(13-24,14-24)29-22(33)20-10-27-23(35-20)17-5-7-30(8-6-17)16(2)31/h3-5,9-10H,6-8,11-14H2,1-2H3,(H,28,32)(H,29,33). The van der Waals surface area contributed by atoms with E-state index in [1.54, 1.807) is 24.0 Å². The first kappa shape index (κ1) is 23.1. The molecule has 6 rings (SSSR count). The molecule has 184 valence electrons. The second kappa shape index (κ2) is 8.51. The Balaban J connectivity index is 1.08. The van der Waals surface area contributed by atoms with Crippen molar-refractivity contribution >= 4 is 23.3 Å². The zero-order valence-electron chi connectivity index (χ0n) is 19.7. The van der Waals surface area contributed by atoms with E-state index in [1.807, 2.05) is 6.08 Å². The molecule has 0 saturated heterocycles. The molecule has 2 N–H and O–H groups in total. The molecule has 0 spiro atoms. The van der Waals surface area contributed by atoms with Gasteiger partial charge in [-0.05, 0) is 44.2 Å². The maximum atomic E-state index is 13.6. The number of carbonyl (C=O) groups is 3. The average molecular weight is 483 g/mol. The summed E-state index contributed by atoms with van der Waals surface area (Å²) in [6, 6.07) is 4.48. The minimum absolute atomic E-state index is 0.0227. The molecule has 0 radical (unpaired) electrons. The summed E-state index contributed by atoms with van der Waals surface area (Å²) in [4.78, 5) is 42.4. The normalized spacial score (nSPS) is 24.5. The van der Waals surface area contributed by atoms with E-state index >= 15 is 0 Å². The Morgan fingerprint density at radius 1 is 1.20 bits per heavy atom. The van der Waals surface area contributed by atoms with Crippen molar-refractivity contribution in [3.63, 3.8) is 0 Å². The van der Waals surface area contributed by atoms with E-state index in [2.05, 4.69) is 15.6 Å². The van der Waals surface area contributed by atoms with E-state index < -0.39 is 0 Å². The van der Waals surface area contributed by atoms with Gasteiger partial charge in [-0.25, -0.2) is 9.37 Å². The van der Waals surface area contributed by atoms with Gasteiger partial charge in [0.1, 0.15) is 11.6 Å². The van der Waals surface area contributed by atoms with Gasteiger partial charge in [-0.1, -0.05) is 12.1 Å². The lowest BCUT2D eigenvalue weighted by Crippen LogP contribution is -2.84. The Bertz CT molecular complexity index is 1220. The molecule has 1 aliphatic heterocycles. The minimum atomic E-state index is -0.381. The summed E-state index contributed by atoms with van der Waals surface area (Å²) in [5.41, 5.74) is 0.694. The number of aromatic nitrogens is 1. The van der Waals surface area contributed by atoms with Crippen molar-refractivity contribution in [3.8, 4) is 5.75 Å². The van der Waals surface area contributed by atoms with Crippen molar-refractivity contribution in [3.05, 3.63) is 53.5 Å². The summed E-state index contributed by atoms with van der Waals surface area (Å²) in [5.74, 6) is -0.145. The summed E-state index contributed by atoms with van der Waals surface area (Å²) < 4.78 is 24.7. The summed E-state index contributed by atoms with van der Waals surface area (Å²) in [6.45, 7) is 4.08. The summed E-state index contributed by atoms with van der Waals surface area (Å²) in [5, 5.41) is 5.98. The highest BCUT2D eigenvalue weighted by molar-refractivity contribution is 5.92. The van der Waals surface area contributed by atoms with Gasteiger partial charge in [0, 0.05) is 42.7 Å². The van der Waals surface area contributed by atoms with Crippen molar-refractivity contribution in [1.29, 1.82) is 0 Å². The lowest BCUT2D eigenvalue weighted by Gasteiger charge is -2.70. The number of halogens is 1. The monoisotopic (exact) mass is 482 g/mol. The Morgan fingerprint density at radius 3 is 2.60 bits per heavy atom. The van der Waals surface area contributed by atoms with Gasteiger partial charge in [0.05, 0.1) is 6.20 Å². The van der Waals surface area contributed by atoms with Gasteiger partial charge >= 0.3 is 0 Å². The second-order valence-corrected chi connectivity index (χ2v) is 9.77. The number of amides is 3. The molecule has 3 aliphatic carbocycles. The van der Waals surface area contributed by atoms with Crippen molar-refractivity contribution in [2.75, 3.05) is 19.7 Å². The highest BCUT2D eigenvalue weighted by Crippen LogP contribution is 2.60. The Kier molecular flexibility index (Phi) is 5.61. The third kappa shape index (κ3) is 4.52. The number of carbonyl (C=O) groups excluding carboxylic acids is 3. The molecule has 0 atom stereocenters. The highest BCUT2D eigenvalue weighted by atomic mass is 19.1. The van der Waals surface area contributed by atoms with Crippen LogP contribution in [-0.4, -0.2) is 58.4 Å². The topological polar surface area (TPSA) is 114 Å². The van der Waals surface area contributed by atoms with Crippen LogP contribution in [0.1, 0.15) is 54.6 Å². The number of hydrogen-bond acceptors (Lipinski definition) is 6. The summed E-state index contributed by atoms with van der Waals surface area (Å²) in [7, 11) is 0. The van der Waals surface area contributed by atoms with Crippen LogP contribution in [0, 0.1) is 12.7 Å². The quantitative estimate of drug-likeness (QED) is 0.626. The van der Waals surface area contributed by atoms with Gasteiger partial charge in [-0.15, -0.1) is 0 Å². The van der Waals surface area contributed by atoms with E-state index in [0.29, 0.717) is 56.0 Å². The number of hydrogen-bond donors (Lipinski definition) is 2. The number of aryl methyl sites for hydroxylation is 1. The van der Waals surface area contributed by atoms with Crippen molar-refractivity contribution < 1.29 is 27.9 Å². The number of rotatable bonds is 7. The third-order valence-electron chi connectivity index (χ3n) is 6.99.